The second-order valence-corrected chi connectivity index (χ2v) is 7.65. The van der Waals surface area contributed by atoms with E-state index in [-0.39, 0.29) is 36.8 Å². The number of nitrogens with two attached hydrogens (primary N) is 1. The SMILES string of the molecule is Cl.Cl.N[C@@H]1CCN(C(=O)c2cc3sc(Nc4ccccc4)nc3s2)C1. The minimum Gasteiger partial charge on any atom is -0.336 e. The highest BCUT2D eigenvalue weighted by Gasteiger charge is 2.26. The van der Waals surface area contributed by atoms with Crippen molar-refractivity contribution in [3.63, 3.8) is 0 Å². The van der Waals surface area contributed by atoms with E-state index in [2.05, 4.69) is 10.3 Å². The van der Waals surface area contributed by atoms with Crippen molar-refractivity contribution in [3.05, 3.63) is 41.3 Å². The van der Waals surface area contributed by atoms with Gasteiger partial charge in [-0.2, -0.15) is 0 Å². The maximum atomic E-state index is 12.5. The summed E-state index contributed by atoms with van der Waals surface area (Å²) in [5.74, 6) is 0.0747. The molecule has 0 unspecified atom stereocenters. The summed E-state index contributed by atoms with van der Waals surface area (Å²) in [6, 6.07) is 12.0. The van der Waals surface area contributed by atoms with Crippen LogP contribution in [0.5, 0.6) is 0 Å². The highest BCUT2D eigenvalue weighted by atomic mass is 35.5. The maximum absolute atomic E-state index is 12.5. The molecule has 1 amide bonds. The Hall–Kier alpha value is -1.38. The Morgan fingerprint density at radius 2 is 2.00 bits per heavy atom. The number of rotatable bonds is 3. The zero-order chi connectivity index (χ0) is 15.8. The quantitative estimate of drug-likeness (QED) is 0.673. The van der Waals surface area contributed by atoms with Crippen molar-refractivity contribution < 1.29 is 4.79 Å². The third-order valence-corrected chi connectivity index (χ3v) is 5.90. The average Bonchev–Trinajstić information content (AvgIpc) is 3.22. The van der Waals surface area contributed by atoms with Crippen LogP contribution in [-0.2, 0) is 0 Å². The molecule has 0 aliphatic carbocycles. The fourth-order valence-corrected chi connectivity index (χ4v) is 4.77. The Kier molecular flexibility index (Phi) is 6.65. The molecule has 1 atom stereocenters. The number of thiazole rings is 1. The minimum absolute atomic E-state index is 0. The van der Waals surface area contributed by atoms with Crippen LogP contribution in [0.25, 0.3) is 9.53 Å². The van der Waals surface area contributed by atoms with Crippen LogP contribution in [0.1, 0.15) is 16.1 Å². The number of nitrogens with zero attached hydrogens (tertiary/aromatic N) is 2. The van der Waals surface area contributed by atoms with Gasteiger partial charge in [-0.15, -0.1) is 36.2 Å². The van der Waals surface area contributed by atoms with Crippen LogP contribution in [-0.4, -0.2) is 34.9 Å². The van der Waals surface area contributed by atoms with Gasteiger partial charge in [0.2, 0.25) is 0 Å². The number of anilines is 2. The lowest BCUT2D eigenvalue weighted by Crippen LogP contribution is -2.31. The largest absolute Gasteiger partial charge is 0.336 e. The van der Waals surface area contributed by atoms with E-state index in [1.165, 1.54) is 11.3 Å². The summed E-state index contributed by atoms with van der Waals surface area (Å²) in [7, 11) is 0. The summed E-state index contributed by atoms with van der Waals surface area (Å²) in [5, 5.41) is 4.14. The first kappa shape index (κ1) is 19.9. The number of nitrogens with one attached hydrogen (secondary N) is 1. The number of hydrogen-bond donors (Lipinski definition) is 2. The molecule has 3 heterocycles. The average molecular weight is 417 g/mol. The van der Waals surface area contributed by atoms with E-state index in [4.69, 9.17) is 5.73 Å². The van der Waals surface area contributed by atoms with E-state index >= 15 is 0 Å². The Morgan fingerprint density at radius 3 is 2.64 bits per heavy atom. The van der Waals surface area contributed by atoms with Gasteiger partial charge >= 0.3 is 0 Å². The summed E-state index contributed by atoms with van der Waals surface area (Å²) < 4.78 is 1.04. The van der Waals surface area contributed by atoms with Gasteiger partial charge in [0, 0.05) is 24.8 Å². The molecule has 1 aromatic carbocycles. The van der Waals surface area contributed by atoms with Crippen molar-refractivity contribution in [3.8, 4) is 0 Å². The van der Waals surface area contributed by atoms with Crippen LogP contribution < -0.4 is 11.1 Å². The number of fused-ring (bicyclic) bond motifs is 1. The molecule has 0 bridgehead atoms. The van der Waals surface area contributed by atoms with Gasteiger partial charge in [-0.3, -0.25) is 4.79 Å². The number of aromatic nitrogens is 1. The molecule has 1 saturated heterocycles. The third kappa shape index (κ3) is 4.24. The van der Waals surface area contributed by atoms with Crippen LogP contribution >= 0.6 is 47.5 Å². The van der Waals surface area contributed by atoms with E-state index in [0.717, 1.165) is 38.2 Å². The van der Waals surface area contributed by atoms with Crippen molar-refractivity contribution in [1.82, 2.24) is 9.88 Å². The molecule has 0 saturated carbocycles. The van der Waals surface area contributed by atoms with Gasteiger partial charge in [-0.05, 0) is 24.6 Å². The van der Waals surface area contributed by atoms with Gasteiger partial charge in [0.15, 0.2) is 5.13 Å². The molecule has 134 valence electrons. The first-order valence-corrected chi connectivity index (χ1v) is 9.09. The molecule has 0 spiro atoms. The number of thiophene rings is 1. The van der Waals surface area contributed by atoms with Gasteiger partial charge < -0.3 is 16.0 Å². The molecular formula is C16H18Cl2N4OS2. The normalized spacial score (nSPS) is 16.4. The second kappa shape index (κ2) is 8.33. The lowest BCUT2D eigenvalue weighted by atomic mass is 10.3. The third-order valence-electron chi connectivity index (χ3n) is 3.84. The number of halogens is 2. The summed E-state index contributed by atoms with van der Waals surface area (Å²) in [5.41, 5.74) is 6.89. The predicted molar refractivity (Wildman–Crippen MR) is 110 cm³/mol. The second-order valence-electron chi connectivity index (χ2n) is 5.59. The lowest BCUT2D eigenvalue weighted by molar-refractivity contribution is 0.0795. The maximum Gasteiger partial charge on any atom is 0.264 e. The Morgan fingerprint density at radius 1 is 1.24 bits per heavy atom. The fourth-order valence-electron chi connectivity index (χ4n) is 2.67. The molecule has 3 aromatic rings. The molecule has 4 rings (SSSR count). The molecule has 1 aliphatic rings. The van der Waals surface area contributed by atoms with Crippen LogP contribution in [0.3, 0.4) is 0 Å². The van der Waals surface area contributed by atoms with Gasteiger partial charge in [0.25, 0.3) is 5.91 Å². The summed E-state index contributed by atoms with van der Waals surface area (Å²) in [6.07, 6.45) is 0.884. The van der Waals surface area contributed by atoms with Gasteiger partial charge in [-0.25, -0.2) is 4.98 Å². The number of likely N-dealkylation sites (tertiary alicyclic amines) is 1. The molecule has 9 heteroatoms. The van der Waals surface area contributed by atoms with Crippen molar-refractivity contribution in [2.45, 2.75) is 12.5 Å². The molecular weight excluding hydrogens is 399 g/mol. The monoisotopic (exact) mass is 416 g/mol. The molecule has 25 heavy (non-hydrogen) atoms. The molecule has 2 aromatic heterocycles. The van der Waals surface area contributed by atoms with Crippen LogP contribution in [0.2, 0.25) is 0 Å². The first-order valence-electron chi connectivity index (χ1n) is 7.46. The molecule has 3 N–H and O–H groups in total. The number of para-hydroxylation sites is 1. The van der Waals surface area contributed by atoms with E-state index in [9.17, 15) is 4.79 Å². The fraction of sp³-hybridized carbons (Fsp3) is 0.250. The van der Waals surface area contributed by atoms with E-state index in [0.29, 0.717) is 6.54 Å². The summed E-state index contributed by atoms with van der Waals surface area (Å²) in [4.78, 5) is 20.5. The van der Waals surface area contributed by atoms with E-state index < -0.39 is 0 Å². The van der Waals surface area contributed by atoms with Crippen LogP contribution in [0.15, 0.2) is 36.4 Å². The topological polar surface area (TPSA) is 71.2 Å². The van der Waals surface area contributed by atoms with Gasteiger partial charge in [0.1, 0.15) is 4.83 Å². The number of hydrogen-bond acceptors (Lipinski definition) is 6. The molecule has 5 nitrogen and oxygen atoms in total. The predicted octanol–water partition coefficient (Wildman–Crippen LogP) is 4.12. The standard InChI is InChI=1S/C16H16N4OS2.2ClH/c17-10-6-7-20(9-10)15(21)13-8-12-14(22-13)19-16(23-12)18-11-4-2-1-3-5-11;;/h1-5,8,10H,6-7,9,17H2,(H,18,19);2*1H/t10-;;/m1../s1. The van der Waals surface area contributed by atoms with Gasteiger partial charge in [0.05, 0.1) is 9.58 Å². The van der Waals surface area contributed by atoms with E-state index in [1.54, 1.807) is 11.3 Å². The number of carbonyl (C=O) groups is 1. The highest BCUT2D eigenvalue weighted by Crippen LogP contribution is 2.34. The molecule has 0 radical (unpaired) electrons. The summed E-state index contributed by atoms with van der Waals surface area (Å²) in [6.45, 7) is 1.40. The van der Waals surface area contributed by atoms with Gasteiger partial charge in [-0.1, -0.05) is 29.5 Å². The number of carbonyl (C=O) groups excluding carboxylic acids is 1. The van der Waals surface area contributed by atoms with Crippen molar-refractivity contribution in [2.24, 2.45) is 5.73 Å². The Labute approximate surface area is 166 Å². The van der Waals surface area contributed by atoms with Crippen molar-refractivity contribution in [1.29, 1.82) is 0 Å². The Bertz CT molecular complexity index is 821. The molecule has 1 fully saturated rings. The number of amides is 1. The van der Waals surface area contributed by atoms with Crippen LogP contribution in [0, 0.1) is 0 Å². The summed E-state index contributed by atoms with van der Waals surface area (Å²) >= 11 is 3.02. The minimum atomic E-state index is 0. The first-order chi connectivity index (χ1) is 11.2. The van der Waals surface area contributed by atoms with Crippen LogP contribution in [0.4, 0.5) is 10.8 Å². The van der Waals surface area contributed by atoms with E-state index in [1.807, 2.05) is 41.3 Å². The molecule has 1 aliphatic heterocycles. The zero-order valence-corrected chi connectivity index (χ0v) is 16.4. The van der Waals surface area contributed by atoms with Crippen molar-refractivity contribution in [2.75, 3.05) is 18.4 Å². The van der Waals surface area contributed by atoms with Crippen molar-refractivity contribution >= 4 is 73.7 Å². The number of benzene rings is 1. The smallest absolute Gasteiger partial charge is 0.264 e. The lowest BCUT2D eigenvalue weighted by Gasteiger charge is -2.13. The Balaban J connectivity index is 0.00000113. The highest BCUT2D eigenvalue weighted by molar-refractivity contribution is 7.29. The zero-order valence-electron chi connectivity index (χ0n) is 13.2.